The lowest BCUT2D eigenvalue weighted by Crippen LogP contribution is -2.25. The van der Waals surface area contributed by atoms with Crippen LogP contribution in [0.15, 0.2) is 59.5 Å². The predicted molar refractivity (Wildman–Crippen MR) is 183 cm³/mol. The van der Waals surface area contributed by atoms with Crippen molar-refractivity contribution < 1.29 is 32.3 Å². The third kappa shape index (κ3) is 14.4. The first-order chi connectivity index (χ1) is 23.0. The summed E-state index contributed by atoms with van der Waals surface area (Å²) in [6.45, 7) is 12.6. The average molecular weight is 676 g/mol. The minimum atomic E-state index is -4.33. The molecule has 14 heteroatoms. The lowest BCUT2D eigenvalue weighted by atomic mass is 10.0. The maximum atomic E-state index is 12.1. The van der Waals surface area contributed by atoms with Gasteiger partial charge in [0.05, 0.1) is 29.9 Å². The number of benzene rings is 1. The van der Waals surface area contributed by atoms with Crippen LogP contribution in [0.25, 0.3) is 17.1 Å². The Balaban J connectivity index is 0.000000372. The van der Waals surface area contributed by atoms with Gasteiger partial charge in [0.25, 0.3) is 0 Å². The maximum Gasteiger partial charge on any atom is 0.405 e. The molecule has 11 nitrogen and oxygen atoms in total. The first kappa shape index (κ1) is 41.3. The number of aromatic nitrogens is 4. The molecule has 264 valence electrons. The highest BCUT2D eigenvalue weighted by Gasteiger charge is 2.26. The SMILES string of the molecule is CC.CCC(C)c1nn(-c2ccc(C)cc2)cc1NC.CCCN(C=O)CCO.O=Cc1coc(-c2ccnc(NCC(F)(F)F)c2)n1. The van der Waals surface area contributed by atoms with E-state index in [2.05, 4.69) is 71.8 Å². The number of carbonyl (C=O) groups is 2. The summed E-state index contributed by atoms with van der Waals surface area (Å²) in [5.74, 6) is 0.652. The van der Waals surface area contributed by atoms with Crippen LogP contribution in [-0.2, 0) is 4.79 Å². The molecule has 48 heavy (non-hydrogen) atoms. The van der Waals surface area contributed by atoms with Crippen LogP contribution in [0.4, 0.5) is 24.7 Å². The fraction of sp³-hybridized carbons (Fsp3) is 0.441. The number of carbonyl (C=O) groups excluding carboxylic acids is 2. The van der Waals surface area contributed by atoms with Crippen LogP contribution >= 0.6 is 0 Å². The van der Waals surface area contributed by atoms with Crippen LogP contribution < -0.4 is 10.6 Å². The zero-order valence-electron chi connectivity index (χ0n) is 28.7. The summed E-state index contributed by atoms with van der Waals surface area (Å²) in [5.41, 5.74) is 5.16. The summed E-state index contributed by atoms with van der Waals surface area (Å²) in [6.07, 6.45) is 3.52. The molecule has 3 N–H and O–H groups in total. The van der Waals surface area contributed by atoms with Gasteiger partial charge in [-0.2, -0.15) is 18.3 Å². The van der Waals surface area contributed by atoms with Crippen LogP contribution in [-0.4, -0.2) is 81.9 Å². The van der Waals surface area contributed by atoms with Crippen LogP contribution in [0.5, 0.6) is 0 Å². The van der Waals surface area contributed by atoms with Crippen LogP contribution in [0.2, 0.25) is 0 Å². The number of amides is 1. The molecule has 3 aromatic heterocycles. The number of pyridine rings is 1. The molecule has 0 bridgehead atoms. The molecule has 0 aliphatic rings. The highest BCUT2D eigenvalue weighted by Crippen LogP contribution is 2.26. The summed E-state index contributed by atoms with van der Waals surface area (Å²) >= 11 is 0. The van der Waals surface area contributed by atoms with Crippen molar-refractivity contribution in [3.8, 4) is 17.1 Å². The van der Waals surface area contributed by atoms with Gasteiger partial charge in [-0.25, -0.2) is 14.6 Å². The number of aliphatic hydroxyl groups excluding tert-OH is 1. The van der Waals surface area contributed by atoms with Crippen LogP contribution in [0, 0.1) is 6.92 Å². The van der Waals surface area contributed by atoms with Crippen molar-refractivity contribution in [2.24, 2.45) is 0 Å². The number of rotatable bonds is 13. The first-order valence-electron chi connectivity index (χ1n) is 15.8. The summed E-state index contributed by atoms with van der Waals surface area (Å²) in [7, 11) is 1.95. The van der Waals surface area contributed by atoms with E-state index in [0.717, 1.165) is 49.1 Å². The van der Waals surface area contributed by atoms with Gasteiger partial charge in [0.15, 0.2) is 6.29 Å². The monoisotopic (exact) mass is 675 g/mol. The zero-order valence-corrected chi connectivity index (χ0v) is 28.7. The van der Waals surface area contributed by atoms with Crippen molar-refractivity contribution in [1.29, 1.82) is 0 Å². The van der Waals surface area contributed by atoms with Gasteiger partial charge in [0.2, 0.25) is 12.3 Å². The number of aliphatic hydroxyl groups is 1. The Bertz CT molecular complexity index is 1470. The molecule has 1 unspecified atom stereocenters. The van der Waals surface area contributed by atoms with Crippen molar-refractivity contribution >= 4 is 24.2 Å². The molecule has 0 saturated heterocycles. The molecular weight excluding hydrogens is 627 g/mol. The third-order valence-corrected chi connectivity index (χ3v) is 6.56. The van der Waals surface area contributed by atoms with E-state index < -0.39 is 12.7 Å². The van der Waals surface area contributed by atoms with Gasteiger partial charge in [-0.1, -0.05) is 52.3 Å². The molecule has 3 heterocycles. The number of oxazole rings is 1. The van der Waals surface area contributed by atoms with Gasteiger partial charge in [0.1, 0.15) is 24.3 Å². The number of hydrogen-bond donors (Lipinski definition) is 3. The van der Waals surface area contributed by atoms with Crippen molar-refractivity contribution in [3.05, 3.63) is 72.0 Å². The van der Waals surface area contributed by atoms with Crippen molar-refractivity contribution in [1.82, 2.24) is 24.6 Å². The number of nitrogens with one attached hydrogen (secondary N) is 2. The Morgan fingerprint density at radius 2 is 1.79 bits per heavy atom. The first-order valence-corrected chi connectivity index (χ1v) is 15.8. The van der Waals surface area contributed by atoms with Crippen LogP contribution in [0.3, 0.4) is 0 Å². The Kier molecular flexibility index (Phi) is 18.9. The van der Waals surface area contributed by atoms with Gasteiger partial charge in [-0.3, -0.25) is 9.59 Å². The van der Waals surface area contributed by atoms with Gasteiger partial charge >= 0.3 is 6.18 Å². The number of anilines is 2. The third-order valence-electron chi connectivity index (χ3n) is 6.56. The molecule has 4 rings (SSSR count). The number of alkyl halides is 3. The van der Waals surface area contributed by atoms with E-state index in [1.54, 1.807) is 4.90 Å². The molecule has 0 fully saturated rings. The molecule has 0 saturated carbocycles. The Morgan fingerprint density at radius 1 is 1.10 bits per heavy atom. The van der Waals surface area contributed by atoms with Gasteiger partial charge in [0, 0.05) is 37.8 Å². The van der Waals surface area contributed by atoms with E-state index in [0.29, 0.717) is 24.3 Å². The van der Waals surface area contributed by atoms with E-state index in [1.165, 1.54) is 23.9 Å². The summed E-state index contributed by atoms with van der Waals surface area (Å²) < 4.78 is 43.1. The standard InChI is InChI=1S/C15H21N3.C11H8F3N3O2.C6H13NO2.C2H6/c1-5-12(3)15-14(16-4)10-18(17-15)13-8-6-11(2)7-9-13;12-11(13,14)6-16-9-3-7(1-2-15-9)10-17-8(4-18)5-19-10;1-2-3-7(6-9)4-5-8;1-2/h6-10,12,16H,5H2,1-4H3;1-5H,6H2,(H,15,16);6,8H,2-5H2,1H3;1-2H3. The zero-order chi connectivity index (χ0) is 36.1. The lowest BCUT2D eigenvalue weighted by molar-refractivity contribution is -0.118. The Labute approximate surface area is 280 Å². The predicted octanol–water partition coefficient (Wildman–Crippen LogP) is 7.13. The van der Waals surface area contributed by atoms with Crippen molar-refractivity contribution in [3.63, 3.8) is 0 Å². The summed E-state index contributed by atoms with van der Waals surface area (Å²) in [4.78, 5) is 29.7. The Hall–Kier alpha value is -4.72. The normalized spacial score (nSPS) is 11.0. The number of aldehydes is 1. The highest BCUT2D eigenvalue weighted by molar-refractivity contribution is 5.72. The van der Waals surface area contributed by atoms with Gasteiger partial charge < -0.3 is 25.1 Å². The molecule has 1 atom stereocenters. The fourth-order valence-corrected chi connectivity index (χ4v) is 3.92. The molecule has 0 radical (unpaired) electrons. The van der Waals surface area contributed by atoms with Crippen LogP contribution in [0.1, 0.15) is 75.1 Å². The number of nitrogens with zero attached hydrogens (tertiary/aromatic N) is 5. The second-order valence-electron chi connectivity index (χ2n) is 10.2. The van der Waals surface area contributed by atoms with Gasteiger partial charge in [-0.05, 0) is 44.0 Å². The molecule has 0 aliphatic carbocycles. The molecule has 0 spiro atoms. The molecule has 1 amide bonds. The topological polar surface area (TPSA) is 138 Å². The van der Waals surface area contributed by atoms with E-state index in [-0.39, 0.29) is 24.0 Å². The van der Waals surface area contributed by atoms with E-state index >= 15 is 0 Å². The molecule has 4 aromatic rings. The number of halogens is 3. The number of aryl methyl sites for hydroxylation is 1. The second-order valence-corrected chi connectivity index (χ2v) is 10.2. The minimum absolute atomic E-state index is 0.0423. The fourth-order valence-electron chi connectivity index (χ4n) is 3.92. The van der Waals surface area contributed by atoms with Crippen molar-refractivity contribution in [2.45, 2.75) is 66.5 Å². The molecular formula is C34H48F3N7O4. The summed E-state index contributed by atoms with van der Waals surface area (Å²) in [6, 6.07) is 11.3. The number of hydrogen-bond acceptors (Lipinski definition) is 9. The van der Waals surface area contributed by atoms with Crippen molar-refractivity contribution in [2.75, 3.05) is 43.9 Å². The second kappa shape index (κ2) is 22.0. The molecule has 1 aromatic carbocycles. The smallest absolute Gasteiger partial charge is 0.405 e. The van der Waals surface area contributed by atoms with Gasteiger partial charge in [-0.15, -0.1) is 0 Å². The minimum Gasteiger partial charge on any atom is -0.444 e. The maximum absolute atomic E-state index is 12.1. The lowest BCUT2D eigenvalue weighted by Gasteiger charge is -2.13. The van der Waals surface area contributed by atoms with E-state index in [9.17, 15) is 22.8 Å². The van der Waals surface area contributed by atoms with E-state index in [4.69, 9.17) is 14.6 Å². The highest BCUT2D eigenvalue weighted by atomic mass is 19.4. The van der Waals surface area contributed by atoms with E-state index in [1.807, 2.05) is 32.5 Å². The Morgan fingerprint density at radius 3 is 2.31 bits per heavy atom. The summed E-state index contributed by atoms with van der Waals surface area (Å²) in [5, 5.41) is 18.5. The molecule has 0 aliphatic heterocycles. The quantitative estimate of drug-likeness (QED) is 0.126. The average Bonchev–Trinajstić information content (AvgIpc) is 3.77. The largest absolute Gasteiger partial charge is 0.444 e.